The standard InChI is InChI=1S/C12H8FN3/c13-12-6-9(3-4-14)11(8-16-12)10-2-1-5-15-7-10/h1-2,5-8H,3H2. The smallest absolute Gasteiger partial charge is 0.213 e. The summed E-state index contributed by atoms with van der Waals surface area (Å²) in [5.41, 5.74) is 2.21. The predicted octanol–water partition coefficient (Wildman–Crippen LogP) is 2.35. The van der Waals surface area contributed by atoms with Crippen molar-refractivity contribution in [2.45, 2.75) is 6.42 Å². The highest BCUT2D eigenvalue weighted by atomic mass is 19.1. The van der Waals surface area contributed by atoms with E-state index >= 15 is 0 Å². The SMILES string of the molecule is N#CCc1cc(F)ncc1-c1cccnc1. The molecule has 0 unspecified atom stereocenters. The summed E-state index contributed by atoms with van der Waals surface area (Å²) in [4.78, 5) is 7.57. The summed E-state index contributed by atoms with van der Waals surface area (Å²) in [6.45, 7) is 0. The van der Waals surface area contributed by atoms with Gasteiger partial charge in [0, 0.05) is 29.7 Å². The van der Waals surface area contributed by atoms with Crippen molar-refractivity contribution in [2.24, 2.45) is 0 Å². The van der Waals surface area contributed by atoms with Crippen molar-refractivity contribution in [3.8, 4) is 17.2 Å². The number of hydrogen-bond donors (Lipinski definition) is 0. The second-order valence-corrected chi connectivity index (χ2v) is 3.24. The van der Waals surface area contributed by atoms with E-state index in [1.807, 2.05) is 12.1 Å². The van der Waals surface area contributed by atoms with Crippen LogP contribution in [0.15, 0.2) is 36.8 Å². The monoisotopic (exact) mass is 213 g/mol. The Labute approximate surface area is 92.2 Å². The van der Waals surface area contributed by atoms with Crippen molar-refractivity contribution in [1.82, 2.24) is 9.97 Å². The lowest BCUT2D eigenvalue weighted by molar-refractivity contribution is 0.582. The molecule has 16 heavy (non-hydrogen) atoms. The van der Waals surface area contributed by atoms with Gasteiger partial charge < -0.3 is 0 Å². The van der Waals surface area contributed by atoms with Crippen LogP contribution in [0.4, 0.5) is 4.39 Å². The van der Waals surface area contributed by atoms with E-state index in [-0.39, 0.29) is 6.42 Å². The maximum absolute atomic E-state index is 13.0. The molecule has 0 radical (unpaired) electrons. The molecule has 2 rings (SSSR count). The zero-order valence-corrected chi connectivity index (χ0v) is 8.39. The van der Waals surface area contributed by atoms with Crippen LogP contribution in [-0.2, 0) is 6.42 Å². The van der Waals surface area contributed by atoms with Crippen LogP contribution in [0.25, 0.3) is 11.1 Å². The van der Waals surface area contributed by atoms with E-state index in [1.54, 1.807) is 18.5 Å². The Morgan fingerprint density at radius 2 is 2.25 bits per heavy atom. The van der Waals surface area contributed by atoms with E-state index in [9.17, 15) is 4.39 Å². The molecule has 78 valence electrons. The summed E-state index contributed by atoms with van der Waals surface area (Å²) in [7, 11) is 0. The zero-order chi connectivity index (χ0) is 11.4. The van der Waals surface area contributed by atoms with Gasteiger partial charge in [0.15, 0.2) is 0 Å². The van der Waals surface area contributed by atoms with E-state index in [4.69, 9.17) is 5.26 Å². The molecule has 4 heteroatoms. The Bertz CT molecular complexity index is 532. The molecule has 0 atom stereocenters. The molecule has 0 spiro atoms. The molecule has 0 aliphatic heterocycles. The minimum atomic E-state index is -0.571. The fourth-order valence-electron chi connectivity index (χ4n) is 1.48. The fraction of sp³-hybridized carbons (Fsp3) is 0.0833. The topological polar surface area (TPSA) is 49.6 Å². The van der Waals surface area contributed by atoms with Gasteiger partial charge in [0.05, 0.1) is 12.5 Å². The lowest BCUT2D eigenvalue weighted by Gasteiger charge is -2.05. The normalized spacial score (nSPS) is 9.75. The summed E-state index contributed by atoms with van der Waals surface area (Å²) in [5.74, 6) is -0.571. The van der Waals surface area contributed by atoms with Gasteiger partial charge >= 0.3 is 0 Å². The Morgan fingerprint density at radius 1 is 1.38 bits per heavy atom. The highest BCUT2D eigenvalue weighted by molar-refractivity contribution is 5.65. The first kappa shape index (κ1) is 10.2. The van der Waals surface area contributed by atoms with Crippen molar-refractivity contribution in [1.29, 1.82) is 5.26 Å². The molecule has 0 fully saturated rings. The molecular formula is C12H8FN3. The van der Waals surface area contributed by atoms with Crippen LogP contribution in [0, 0.1) is 17.3 Å². The molecule has 3 nitrogen and oxygen atoms in total. The zero-order valence-electron chi connectivity index (χ0n) is 8.39. The Hall–Kier alpha value is -2.28. The summed E-state index contributed by atoms with van der Waals surface area (Å²) in [6.07, 6.45) is 4.91. The average molecular weight is 213 g/mol. The lowest BCUT2D eigenvalue weighted by Crippen LogP contribution is -1.93. The van der Waals surface area contributed by atoms with Crippen LogP contribution in [0.3, 0.4) is 0 Å². The largest absolute Gasteiger partial charge is 0.264 e. The Morgan fingerprint density at radius 3 is 2.94 bits per heavy atom. The maximum Gasteiger partial charge on any atom is 0.213 e. The predicted molar refractivity (Wildman–Crippen MR) is 56.7 cm³/mol. The van der Waals surface area contributed by atoms with Gasteiger partial charge in [0.25, 0.3) is 0 Å². The van der Waals surface area contributed by atoms with E-state index in [0.717, 1.165) is 11.1 Å². The van der Waals surface area contributed by atoms with E-state index in [2.05, 4.69) is 9.97 Å². The molecule has 0 aromatic carbocycles. The fourth-order valence-corrected chi connectivity index (χ4v) is 1.48. The second kappa shape index (κ2) is 4.49. The maximum atomic E-state index is 13.0. The Kier molecular flexibility index (Phi) is 2.88. The van der Waals surface area contributed by atoms with Gasteiger partial charge in [-0.2, -0.15) is 9.65 Å². The quantitative estimate of drug-likeness (QED) is 0.719. The van der Waals surface area contributed by atoms with Crippen molar-refractivity contribution >= 4 is 0 Å². The van der Waals surface area contributed by atoms with Gasteiger partial charge in [-0.25, -0.2) is 4.98 Å². The van der Waals surface area contributed by atoms with Gasteiger partial charge in [-0.1, -0.05) is 6.07 Å². The first-order chi connectivity index (χ1) is 7.81. The van der Waals surface area contributed by atoms with Crippen molar-refractivity contribution in [3.63, 3.8) is 0 Å². The molecule has 2 aromatic rings. The van der Waals surface area contributed by atoms with Crippen molar-refractivity contribution in [3.05, 3.63) is 48.3 Å². The molecule has 2 aromatic heterocycles. The van der Waals surface area contributed by atoms with Crippen LogP contribution < -0.4 is 0 Å². The number of nitriles is 1. The highest BCUT2D eigenvalue weighted by Crippen LogP contribution is 2.22. The van der Waals surface area contributed by atoms with Crippen LogP contribution in [0.2, 0.25) is 0 Å². The van der Waals surface area contributed by atoms with E-state index in [0.29, 0.717) is 5.56 Å². The molecule has 0 saturated heterocycles. The third-order valence-electron chi connectivity index (χ3n) is 2.20. The summed E-state index contributed by atoms with van der Waals surface area (Å²) >= 11 is 0. The second-order valence-electron chi connectivity index (χ2n) is 3.24. The number of nitrogens with zero attached hydrogens (tertiary/aromatic N) is 3. The van der Waals surface area contributed by atoms with Crippen LogP contribution >= 0.6 is 0 Å². The molecular weight excluding hydrogens is 205 g/mol. The molecule has 0 amide bonds. The third-order valence-corrected chi connectivity index (χ3v) is 2.20. The number of pyridine rings is 2. The highest BCUT2D eigenvalue weighted by Gasteiger charge is 2.07. The molecule has 0 bridgehead atoms. The minimum Gasteiger partial charge on any atom is -0.264 e. The minimum absolute atomic E-state index is 0.156. The van der Waals surface area contributed by atoms with E-state index in [1.165, 1.54) is 12.3 Å². The van der Waals surface area contributed by atoms with Crippen LogP contribution in [0.1, 0.15) is 5.56 Å². The van der Waals surface area contributed by atoms with Crippen LogP contribution in [0.5, 0.6) is 0 Å². The van der Waals surface area contributed by atoms with Crippen molar-refractivity contribution in [2.75, 3.05) is 0 Å². The first-order valence-corrected chi connectivity index (χ1v) is 4.73. The van der Waals surface area contributed by atoms with Gasteiger partial charge in [0.2, 0.25) is 5.95 Å². The summed E-state index contributed by atoms with van der Waals surface area (Å²) in [6, 6.07) is 6.93. The first-order valence-electron chi connectivity index (χ1n) is 4.73. The lowest BCUT2D eigenvalue weighted by atomic mass is 10.0. The van der Waals surface area contributed by atoms with Crippen LogP contribution in [-0.4, -0.2) is 9.97 Å². The molecule has 0 aliphatic carbocycles. The van der Waals surface area contributed by atoms with Crippen molar-refractivity contribution < 1.29 is 4.39 Å². The Balaban J connectivity index is 2.53. The van der Waals surface area contributed by atoms with Gasteiger partial charge in [0.1, 0.15) is 0 Å². The van der Waals surface area contributed by atoms with Gasteiger partial charge in [-0.05, 0) is 17.7 Å². The van der Waals surface area contributed by atoms with Gasteiger partial charge in [-0.3, -0.25) is 4.98 Å². The number of rotatable bonds is 2. The number of hydrogen-bond acceptors (Lipinski definition) is 3. The summed E-state index contributed by atoms with van der Waals surface area (Å²) < 4.78 is 13.0. The number of halogens is 1. The van der Waals surface area contributed by atoms with E-state index < -0.39 is 5.95 Å². The average Bonchev–Trinajstić information content (AvgIpc) is 2.31. The summed E-state index contributed by atoms with van der Waals surface area (Å²) in [5, 5.41) is 8.67. The molecule has 0 aliphatic rings. The molecule has 0 saturated carbocycles. The van der Waals surface area contributed by atoms with Gasteiger partial charge in [-0.15, -0.1) is 0 Å². The number of aromatic nitrogens is 2. The molecule has 0 N–H and O–H groups in total. The third kappa shape index (κ3) is 2.04. The molecule has 2 heterocycles.